The molecule has 1 aliphatic carbocycles. The number of rotatable bonds is 3. The van der Waals surface area contributed by atoms with Crippen LogP contribution in [0.4, 0.5) is 0 Å². The van der Waals surface area contributed by atoms with Gasteiger partial charge in [-0.05, 0) is 43.2 Å². The summed E-state index contributed by atoms with van der Waals surface area (Å²) >= 11 is 1.88. The molecular weight excluding hydrogens is 232 g/mol. The van der Waals surface area contributed by atoms with Crippen LogP contribution in [0.15, 0.2) is 22.1 Å². The van der Waals surface area contributed by atoms with Crippen molar-refractivity contribution in [2.45, 2.75) is 38.8 Å². The van der Waals surface area contributed by atoms with Crippen LogP contribution in [0.3, 0.4) is 0 Å². The van der Waals surface area contributed by atoms with Gasteiger partial charge < -0.3 is 9.73 Å². The number of aryl methyl sites for hydroxylation is 2. The van der Waals surface area contributed by atoms with Crippen LogP contribution in [0, 0.1) is 6.92 Å². The Kier molecular flexibility index (Phi) is 2.99. The van der Waals surface area contributed by atoms with E-state index in [0.29, 0.717) is 12.6 Å². The minimum atomic E-state index is 0.470. The molecule has 0 radical (unpaired) electrons. The zero-order chi connectivity index (χ0) is 11.7. The molecular formula is C13H16N2OS. The Labute approximate surface area is 105 Å². The summed E-state index contributed by atoms with van der Waals surface area (Å²) < 4.78 is 5.47. The molecule has 2 aromatic rings. The number of hydrogen-bond acceptors (Lipinski definition) is 4. The van der Waals surface area contributed by atoms with Crippen molar-refractivity contribution in [1.29, 1.82) is 0 Å². The molecule has 17 heavy (non-hydrogen) atoms. The predicted molar refractivity (Wildman–Crippen MR) is 68.1 cm³/mol. The zero-order valence-corrected chi connectivity index (χ0v) is 10.7. The molecule has 90 valence electrons. The molecule has 1 N–H and O–H groups in total. The first-order chi connectivity index (χ1) is 8.33. The molecule has 1 atom stereocenters. The summed E-state index contributed by atoms with van der Waals surface area (Å²) in [5, 5.41) is 5.74. The molecule has 3 rings (SSSR count). The van der Waals surface area contributed by atoms with Crippen molar-refractivity contribution in [3.8, 4) is 0 Å². The summed E-state index contributed by atoms with van der Waals surface area (Å²) in [6, 6.07) is 2.72. The lowest BCUT2D eigenvalue weighted by Crippen LogP contribution is -2.23. The number of thiophene rings is 1. The largest absolute Gasteiger partial charge is 0.445 e. The highest BCUT2D eigenvalue weighted by Crippen LogP contribution is 2.33. The van der Waals surface area contributed by atoms with Crippen LogP contribution in [0.1, 0.15) is 41.0 Å². The van der Waals surface area contributed by atoms with Crippen LogP contribution in [-0.4, -0.2) is 4.98 Å². The third kappa shape index (κ3) is 2.28. The van der Waals surface area contributed by atoms with Gasteiger partial charge >= 0.3 is 0 Å². The fourth-order valence-electron chi connectivity index (χ4n) is 2.39. The first-order valence-corrected chi connectivity index (χ1v) is 6.92. The Morgan fingerprint density at radius 3 is 3.35 bits per heavy atom. The standard InChI is InChI=1S/C13H16N2OS/c1-9-7-15-13(16-9)8-14-11-3-2-4-12-10(11)5-6-17-12/h5-7,11,14H,2-4,8H2,1H3. The third-order valence-electron chi connectivity index (χ3n) is 3.22. The maximum atomic E-state index is 5.47. The normalized spacial score (nSPS) is 19.2. The number of aromatic nitrogens is 1. The molecule has 1 unspecified atom stereocenters. The molecule has 0 saturated heterocycles. The average molecular weight is 248 g/mol. The van der Waals surface area contributed by atoms with Gasteiger partial charge in [0.05, 0.1) is 12.7 Å². The Morgan fingerprint density at radius 2 is 2.53 bits per heavy atom. The van der Waals surface area contributed by atoms with Crippen molar-refractivity contribution in [3.63, 3.8) is 0 Å². The Balaban J connectivity index is 1.67. The number of hydrogen-bond donors (Lipinski definition) is 1. The van der Waals surface area contributed by atoms with Gasteiger partial charge in [-0.2, -0.15) is 0 Å². The second-order valence-corrected chi connectivity index (χ2v) is 5.49. The highest BCUT2D eigenvalue weighted by molar-refractivity contribution is 7.10. The van der Waals surface area contributed by atoms with Gasteiger partial charge in [0.2, 0.25) is 5.89 Å². The van der Waals surface area contributed by atoms with E-state index in [4.69, 9.17) is 4.42 Å². The van der Waals surface area contributed by atoms with E-state index >= 15 is 0 Å². The predicted octanol–water partition coefficient (Wildman–Crippen LogP) is 3.21. The van der Waals surface area contributed by atoms with Crippen LogP contribution in [0.5, 0.6) is 0 Å². The van der Waals surface area contributed by atoms with Crippen LogP contribution in [0.25, 0.3) is 0 Å². The van der Waals surface area contributed by atoms with Crippen molar-refractivity contribution in [3.05, 3.63) is 39.7 Å². The Morgan fingerprint density at radius 1 is 1.59 bits per heavy atom. The fourth-order valence-corrected chi connectivity index (χ4v) is 3.38. The molecule has 0 spiro atoms. The highest BCUT2D eigenvalue weighted by Gasteiger charge is 2.20. The summed E-state index contributed by atoms with van der Waals surface area (Å²) in [4.78, 5) is 5.76. The molecule has 2 heterocycles. The van der Waals surface area contributed by atoms with Crippen molar-refractivity contribution in [2.24, 2.45) is 0 Å². The van der Waals surface area contributed by atoms with Gasteiger partial charge in [-0.25, -0.2) is 4.98 Å². The van der Waals surface area contributed by atoms with Crippen molar-refractivity contribution < 1.29 is 4.42 Å². The van der Waals surface area contributed by atoms with Gasteiger partial charge in [0.15, 0.2) is 0 Å². The molecule has 3 nitrogen and oxygen atoms in total. The second-order valence-electron chi connectivity index (χ2n) is 4.49. The van der Waals surface area contributed by atoms with Gasteiger partial charge in [0.25, 0.3) is 0 Å². The van der Waals surface area contributed by atoms with Crippen molar-refractivity contribution >= 4 is 11.3 Å². The van der Waals surface area contributed by atoms with E-state index in [9.17, 15) is 0 Å². The highest BCUT2D eigenvalue weighted by atomic mass is 32.1. The van der Waals surface area contributed by atoms with E-state index in [2.05, 4.69) is 21.7 Å². The summed E-state index contributed by atoms with van der Waals surface area (Å²) in [7, 11) is 0. The smallest absolute Gasteiger partial charge is 0.208 e. The molecule has 1 aliphatic rings. The topological polar surface area (TPSA) is 38.1 Å². The first kappa shape index (κ1) is 11.0. The molecule has 0 bridgehead atoms. The molecule has 0 aromatic carbocycles. The van der Waals surface area contributed by atoms with E-state index < -0.39 is 0 Å². The van der Waals surface area contributed by atoms with E-state index in [1.165, 1.54) is 29.7 Å². The lowest BCUT2D eigenvalue weighted by molar-refractivity contribution is 0.402. The van der Waals surface area contributed by atoms with E-state index in [0.717, 1.165) is 11.7 Å². The molecule has 0 amide bonds. The average Bonchev–Trinajstić information content (AvgIpc) is 2.94. The quantitative estimate of drug-likeness (QED) is 0.906. The maximum Gasteiger partial charge on any atom is 0.208 e. The van der Waals surface area contributed by atoms with Gasteiger partial charge in [-0.15, -0.1) is 11.3 Å². The summed E-state index contributed by atoms with van der Waals surface area (Å²) in [6.45, 7) is 2.64. The third-order valence-corrected chi connectivity index (χ3v) is 4.22. The van der Waals surface area contributed by atoms with Gasteiger partial charge in [0, 0.05) is 10.9 Å². The van der Waals surface area contributed by atoms with Crippen LogP contribution in [0.2, 0.25) is 0 Å². The van der Waals surface area contributed by atoms with Gasteiger partial charge in [-0.3, -0.25) is 0 Å². The van der Waals surface area contributed by atoms with Crippen LogP contribution in [-0.2, 0) is 13.0 Å². The molecule has 0 saturated carbocycles. The van der Waals surface area contributed by atoms with E-state index in [1.807, 2.05) is 18.3 Å². The Hall–Kier alpha value is -1.13. The number of nitrogens with zero attached hydrogens (tertiary/aromatic N) is 1. The maximum absolute atomic E-state index is 5.47. The molecule has 4 heteroatoms. The lowest BCUT2D eigenvalue weighted by atomic mass is 9.94. The number of oxazole rings is 1. The molecule has 0 aliphatic heterocycles. The number of fused-ring (bicyclic) bond motifs is 1. The summed E-state index contributed by atoms with van der Waals surface area (Å²) in [5.41, 5.74) is 1.48. The van der Waals surface area contributed by atoms with Gasteiger partial charge in [0.1, 0.15) is 5.76 Å². The lowest BCUT2D eigenvalue weighted by Gasteiger charge is -2.23. The van der Waals surface area contributed by atoms with Crippen LogP contribution >= 0.6 is 11.3 Å². The number of nitrogens with one attached hydrogen (secondary N) is 1. The first-order valence-electron chi connectivity index (χ1n) is 6.04. The zero-order valence-electron chi connectivity index (χ0n) is 9.90. The van der Waals surface area contributed by atoms with E-state index in [-0.39, 0.29) is 0 Å². The van der Waals surface area contributed by atoms with Gasteiger partial charge in [-0.1, -0.05) is 0 Å². The molecule has 0 fully saturated rings. The van der Waals surface area contributed by atoms with Crippen LogP contribution < -0.4 is 5.32 Å². The Bertz CT molecular complexity index is 503. The summed E-state index contributed by atoms with van der Waals surface area (Å²) in [6.07, 6.45) is 5.50. The minimum absolute atomic E-state index is 0.470. The summed E-state index contributed by atoms with van der Waals surface area (Å²) in [5.74, 6) is 1.66. The minimum Gasteiger partial charge on any atom is -0.445 e. The van der Waals surface area contributed by atoms with Crippen molar-refractivity contribution in [1.82, 2.24) is 10.3 Å². The molecule has 2 aromatic heterocycles. The second kappa shape index (κ2) is 4.63. The van der Waals surface area contributed by atoms with Crippen molar-refractivity contribution in [2.75, 3.05) is 0 Å². The monoisotopic (exact) mass is 248 g/mol. The van der Waals surface area contributed by atoms with E-state index in [1.54, 1.807) is 6.20 Å². The fraction of sp³-hybridized carbons (Fsp3) is 0.462. The SMILES string of the molecule is Cc1cnc(CNC2CCCc3sccc32)o1.